The maximum atomic E-state index is 5.64. The quantitative estimate of drug-likeness (QED) is 0.817. The highest BCUT2D eigenvalue weighted by Crippen LogP contribution is 2.31. The van der Waals surface area contributed by atoms with Crippen LogP contribution < -0.4 is 5.32 Å². The zero-order chi connectivity index (χ0) is 12.1. The molecule has 2 nitrogen and oxygen atoms in total. The summed E-state index contributed by atoms with van der Waals surface area (Å²) in [5.41, 5.74) is 0. The Bertz CT molecular complexity index is 224. The highest BCUT2D eigenvalue weighted by molar-refractivity contribution is 7.99. The van der Waals surface area contributed by atoms with Gasteiger partial charge in [-0.25, -0.2) is 0 Å². The number of methoxy groups -OCH3 is 1. The fraction of sp³-hybridized carbons (Fsp3) is 1.00. The van der Waals surface area contributed by atoms with Crippen molar-refractivity contribution < 1.29 is 4.74 Å². The second kappa shape index (κ2) is 7.01. The van der Waals surface area contributed by atoms with Crippen molar-refractivity contribution in [1.82, 2.24) is 5.32 Å². The first kappa shape index (κ1) is 13.7. The molecule has 4 atom stereocenters. The van der Waals surface area contributed by atoms with Gasteiger partial charge in [-0.15, -0.1) is 0 Å². The van der Waals surface area contributed by atoms with Crippen LogP contribution >= 0.6 is 11.8 Å². The lowest BCUT2D eigenvalue weighted by molar-refractivity contribution is 0.0382. The summed E-state index contributed by atoms with van der Waals surface area (Å²) in [7, 11) is 1.87. The first-order valence-electron chi connectivity index (χ1n) is 7.25. The summed E-state index contributed by atoms with van der Waals surface area (Å²) in [4.78, 5) is 0. The molecule has 100 valence electrons. The van der Waals surface area contributed by atoms with Gasteiger partial charge in [-0.1, -0.05) is 26.2 Å². The average molecular weight is 257 g/mol. The summed E-state index contributed by atoms with van der Waals surface area (Å²) in [6.07, 6.45) is 9.89. The van der Waals surface area contributed by atoms with Crippen molar-refractivity contribution in [3.05, 3.63) is 0 Å². The van der Waals surface area contributed by atoms with E-state index in [0.29, 0.717) is 12.1 Å². The molecule has 2 aliphatic rings. The predicted octanol–water partition coefficient (Wildman–Crippen LogP) is 3.21. The van der Waals surface area contributed by atoms with Crippen LogP contribution in [0.15, 0.2) is 0 Å². The maximum absolute atomic E-state index is 5.64. The van der Waals surface area contributed by atoms with Crippen LogP contribution in [0.1, 0.15) is 51.9 Å². The average Bonchev–Trinajstić information content (AvgIpc) is 2.78. The molecule has 2 fully saturated rings. The monoisotopic (exact) mass is 257 g/mol. The van der Waals surface area contributed by atoms with Crippen LogP contribution in [0.25, 0.3) is 0 Å². The molecule has 2 aliphatic carbocycles. The van der Waals surface area contributed by atoms with Crippen molar-refractivity contribution in [1.29, 1.82) is 0 Å². The highest BCUT2D eigenvalue weighted by atomic mass is 32.2. The van der Waals surface area contributed by atoms with Gasteiger partial charge in [0.2, 0.25) is 0 Å². The molecule has 4 unspecified atom stereocenters. The van der Waals surface area contributed by atoms with Crippen LogP contribution in [0.2, 0.25) is 0 Å². The molecule has 0 aromatic carbocycles. The van der Waals surface area contributed by atoms with Gasteiger partial charge in [0.05, 0.1) is 6.10 Å². The fourth-order valence-electron chi connectivity index (χ4n) is 3.37. The highest BCUT2D eigenvalue weighted by Gasteiger charge is 2.32. The van der Waals surface area contributed by atoms with Gasteiger partial charge >= 0.3 is 0 Å². The van der Waals surface area contributed by atoms with Gasteiger partial charge in [-0.2, -0.15) is 11.8 Å². The molecule has 2 saturated carbocycles. The number of nitrogens with one attached hydrogen (secondary N) is 1. The Labute approximate surface area is 110 Å². The smallest absolute Gasteiger partial charge is 0.0724 e. The van der Waals surface area contributed by atoms with E-state index in [1.165, 1.54) is 50.7 Å². The Morgan fingerprint density at radius 1 is 1.06 bits per heavy atom. The lowest BCUT2D eigenvalue weighted by Gasteiger charge is -2.35. The van der Waals surface area contributed by atoms with Gasteiger partial charge in [-0.05, 0) is 31.4 Å². The van der Waals surface area contributed by atoms with Crippen LogP contribution in [-0.4, -0.2) is 36.3 Å². The minimum atomic E-state index is 0.455. The second-order valence-electron chi connectivity index (χ2n) is 5.36. The molecule has 0 spiro atoms. The topological polar surface area (TPSA) is 21.3 Å². The summed E-state index contributed by atoms with van der Waals surface area (Å²) < 4.78 is 5.64. The second-order valence-corrected chi connectivity index (χ2v) is 6.88. The predicted molar refractivity (Wildman–Crippen MR) is 75.7 cm³/mol. The van der Waals surface area contributed by atoms with Crippen molar-refractivity contribution in [3.63, 3.8) is 0 Å². The third-order valence-corrected chi connectivity index (χ3v) is 5.59. The van der Waals surface area contributed by atoms with Gasteiger partial charge in [0.1, 0.15) is 0 Å². The van der Waals surface area contributed by atoms with E-state index < -0.39 is 0 Å². The Kier molecular flexibility index (Phi) is 5.64. The van der Waals surface area contributed by atoms with Crippen molar-refractivity contribution in [3.8, 4) is 0 Å². The van der Waals surface area contributed by atoms with Crippen LogP contribution in [0.5, 0.6) is 0 Å². The maximum Gasteiger partial charge on any atom is 0.0724 e. The standard InChI is InChI=1S/C14H27NOS/c1-3-17-14-10-6-8-12(14)15-11-7-4-5-9-13(11)16-2/h11-15H,3-10H2,1-2H3. The van der Waals surface area contributed by atoms with E-state index in [9.17, 15) is 0 Å². The Morgan fingerprint density at radius 3 is 2.59 bits per heavy atom. The molecule has 0 aliphatic heterocycles. The van der Waals surface area contributed by atoms with Crippen molar-refractivity contribution in [2.45, 2.75) is 75.3 Å². The first-order valence-corrected chi connectivity index (χ1v) is 8.30. The molecule has 0 radical (unpaired) electrons. The number of ether oxygens (including phenoxy) is 1. The Morgan fingerprint density at radius 2 is 1.82 bits per heavy atom. The molecule has 17 heavy (non-hydrogen) atoms. The molecular formula is C14H27NOS. The van der Waals surface area contributed by atoms with E-state index in [1.54, 1.807) is 0 Å². The minimum absolute atomic E-state index is 0.455. The molecule has 0 heterocycles. The largest absolute Gasteiger partial charge is 0.380 e. The molecule has 0 amide bonds. The Hall–Kier alpha value is 0.270. The van der Waals surface area contributed by atoms with Crippen LogP contribution in [0, 0.1) is 0 Å². The van der Waals surface area contributed by atoms with Gasteiger partial charge in [0.15, 0.2) is 0 Å². The van der Waals surface area contributed by atoms with Gasteiger partial charge in [0, 0.05) is 24.4 Å². The first-order chi connectivity index (χ1) is 8.35. The molecule has 0 bridgehead atoms. The summed E-state index contributed by atoms with van der Waals surface area (Å²) in [5, 5.41) is 4.75. The van der Waals surface area contributed by atoms with Crippen LogP contribution in [0.3, 0.4) is 0 Å². The van der Waals surface area contributed by atoms with Crippen molar-refractivity contribution in [2.24, 2.45) is 0 Å². The minimum Gasteiger partial charge on any atom is -0.380 e. The van der Waals surface area contributed by atoms with Crippen molar-refractivity contribution >= 4 is 11.8 Å². The van der Waals surface area contributed by atoms with E-state index in [1.807, 2.05) is 7.11 Å². The number of thioether (sulfide) groups is 1. The molecule has 1 N–H and O–H groups in total. The van der Waals surface area contributed by atoms with Gasteiger partial charge in [0.25, 0.3) is 0 Å². The number of hydrogen-bond donors (Lipinski definition) is 1. The molecule has 3 heteroatoms. The Balaban J connectivity index is 1.85. The zero-order valence-electron chi connectivity index (χ0n) is 11.3. The lowest BCUT2D eigenvalue weighted by atomic mass is 9.91. The van der Waals surface area contributed by atoms with E-state index >= 15 is 0 Å². The van der Waals surface area contributed by atoms with Crippen LogP contribution in [-0.2, 0) is 4.74 Å². The van der Waals surface area contributed by atoms with E-state index in [2.05, 4.69) is 24.0 Å². The molecule has 0 saturated heterocycles. The van der Waals surface area contributed by atoms with E-state index in [0.717, 1.165) is 11.3 Å². The normalized spacial score (nSPS) is 38.5. The molecule has 2 rings (SSSR count). The van der Waals surface area contributed by atoms with Crippen molar-refractivity contribution in [2.75, 3.05) is 12.9 Å². The number of rotatable bonds is 5. The lowest BCUT2D eigenvalue weighted by Crippen LogP contribution is -2.49. The third-order valence-electron chi connectivity index (χ3n) is 4.27. The zero-order valence-corrected chi connectivity index (χ0v) is 12.1. The molecule has 0 aromatic rings. The van der Waals surface area contributed by atoms with E-state index in [-0.39, 0.29) is 0 Å². The summed E-state index contributed by atoms with van der Waals surface area (Å²) in [6, 6.07) is 1.34. The summed E-state index contributed by atoms with van der Waals surface area (Å²) in [6.45, 7) is 2.28. The van der Waals surface area contributed by atoms with Crippen LogP contribution in [0.4, 0.5) is 0 Å². The van der Waals surface area contributed by atoms with E-state index in [4.69, 9.17) is 4.74 Å². The SMILES string of the molecule is CCSC1CCCC1NC1CCCCC1OC. The molecular weight excluding hydrogens is 230 g/mol. The third kappa shape index (κ3) is 3.62. The number of hydrogen-bond acceptors (Lipinski definition) is 3. The summed E-state index contributed by atoms with van der Waals surface area (Å²) in [5.74, 6) is 1.25. The van der Waals surface area contributed by atoms with Gasteiger partial charge in [-0.3, -0.25) is 0 Å². The van der Waals surface area contributed by atoms with Gasteiger partial charge < -0.3 is 10.1 Å². The summed E-state index contributed by atoms with van der Waals surface area (Å²) >= 11 is 2.14. The molecule has 0 aromatic heterocycles. The fourth-order valence-corrected chi connectivity index (χ4v) is 4.58.